The fourth-order valence-corrected chi connectivity index (χ4v) is 5.78. The Morgan fingerprint density at radius 3 is 2.35 bits per heavy atom. The van der Waals surface area contributed by atoms with Gasteiger partial charge in [-0.05, 0) is 30.5 Å². The highest BCUT2D eigenvalue weighted by Gasteiger charge is 2.31. The summed E-state index contributed by atoms with van der Waals surface area (Å²) < 4.78 is 33.5. The zero-order valence-corrected chi connectivity index (χ0v) is 18.2. The largest absolute Gasteiger partial charge is 0.370 e. The maximum Gasteiger partial charge on any atom is 0.293 e. The lowest BCUT2D eigenvalue weighted by atomic mass is 10.1. The van der Waals surface area contributed by atoms with Crippen molar-refractivity contribution >= 4 is 21.4 Å². The van der Waals surface area contributed by atoms with E-state index in [1.165, 1.54) is 16.4 Å². The lowest BCUT2D eigenvalue weighted by molar-refractivity contribution is -0.384. The predicted octanol–water partition coefficient (Wildman–Crippen LogP) is 3.74. The molecular formula is C22H27N3O5S. The summed E-state index contributed by atoms with van der Waals surface area (Å²) >= 11 is 0. The van der Waals surface area contributed by atoms with Gasteiger partial charge < -0.3 is 9.64 Å². The van der Waals surface area contributed by atoms with Crippen LogP contribution in [0.15, 0.2) is 53.4 Å². The molecule has 9 heteroatoms. The second-order valence-electron chi connectivity index (χ2n) is 7.94. The van der Waals surface area contributed by atoms with Crippen molar-refractivity contribution in [3.05, 3.63) is 64.2 Å². The minimum atomic E-state index is -3.76. The maximum atomic E-state index is 13.1. The number of nitro benzene ring substituents is 1. The summed E-state index contributed by atoms with van der Waals surface area (Å²) in [6.45, 7) is 2.32. The average Bonchev–Trinajstić information content (AvgIpc) is 3.09. The van der Waals surface area contributed by atoms with Crippen LogP contribution in [0.4, 0.5) is 11.4 Å². The van der Waals surface area contributed by atoms with Crippen LogP contribution in [0.5, 0.6) is 0 Å². The molecule has 2 aliphatic rings. The molecule has 1 atom stereocenters. The van der Waals surface area contributed by atoms with Gasteiger partial charge in [0, 0.05) is 32.2 Å². The number of benzene rings is 2. The van der Waals surface area contributed by atoms with Crippen LogP contribution >= 0.6 is 0 Å². The Hall–Kier alpha value is -2.49. The van der Waals surface area contributed by atoms with Crippen molar-refractivity contribution in [1.82, 2.24) is 4.31 Å². The highest BCUT2D eigenvalue weighted by atomic mass is 32.2. The van der Waals surface area contributed by atoms with Gasteiger partial charge in [-0.2, -0.15) is 4.31 Å². The van der Waals surface area contributed by atoms with Gasteiger partial charge in [-0.15, -0.1) is 0 Å². The van der Waals surface area contributed by atoms with E-state index < -0.39 is 14.9 Å². The van der Waals surface area contributed by atoms with Crippen LogP contribution in [-0.4, -0.2) is 50.4 Å². The van der Waals surface area contributed by atoms with E-state index in [1.54, 1.807) is 6.07 Å². The molecule has 31 heavy (non-hydrogen) atoms. The summed E-state index contributed by atoms with van der Waals surface area (Å²) in [6, 6.07) is 14.0. The summed E-state index contributed by atoms with van der Waals surface area (Å²) in [5, 5.41) is 11.9. The Kier molecular flexibility index (Phi) is 6.54. The molecule has 2 aromatic rings. The molecule has 0 spiro atoms. The van der Waals surface area contributed by atoms with Crippen molar-refractivity contribution in [3.8, 4) is 0 Å². The van der Waals surface area contributed by atoms with Gasteiger partial charge in [0.25, 0.3) is 5.69 Å². The Morgan fingerprint density at radius 2 is 1.68 bits per heavy atom. The maximum absolute atomic E-state index is 13.1. The minimum Gasteiger partial charge on any atom is -0.370 e. The molecule has 0 aromatic heterocycles. The summed E-state index contributed by atoms with van der Waals surface area (Å²) in [5.74, 6) is 0. The highest BCUT2D eigenvalue weighted by Crippen LogP contribution is 2.35. The van der Waals surface area contributed by atoms with Crippen molar-refractivity contribution in [2.75, 3.05) is 37.7 Å². The van der Waals surface area contributed by atoms with E-state index in [2.05, 4.69) is 0 Å². The number of nitro groups is 1. The molecule has 0 aliphatic carbocycles. The van der Waals surface area contributed by atoms with Crippen LogP contribution in [0, 0.1) is 10.1 Å². The highest BCUT2D eigenvalue weighted by molar-refractivity contribution is 7.89. The first-order chi connectivity index (χ1) is 15.0. The van der Waals surface area contributed by atoms with Crippen molar-refractivity contribution in [3.63, 3.8) is 0 Å². The van der Waals surface area contributed by atoms with Crippen LogP contribution < -0.4 is 4.90 Å². The van der Waals surface area contributed by atoms with Crippen LogP contribution in [0.1, 0.15) is 37.4 Å². The van der Waals surface area contributed by atoms with Crippen LogP contribution in [-0.2, 0) is 14.8 Å². The third kappa shape index (κ3) is 4.73. The lowest BCUT2D eigenvalue weighted by Gasteiger charge is -2.34. The molecule has 2 aliphatic heterocycles. The summed E-state index contributed by atoms with van der Waals surface area (Å²) in [6.07, 6.45) is 3.44. The SMILES string of the molecule is O=[N+]([O-])c1cc(S(=O)(=O)N2CCCCCC2)ccc1N1CCOC(c2ccccc2)C1. The topological polar surface area (TPSA) is 93.0 Å². The Morgan fingerprint density at radius 1 is 0.968 bits per heavy atom. The van der Waals surface area contributed by atoms with Crippen molar-refractivity contribution in [2.24, 2.45) is 0 Å². The number of morpholine rings is 1. The quantitative estimate of drug-likeness (QED) is 0.514. The van der Waals surface area contributed by atoms with E-state index in [9.17, 15) is 18.5 Å². The van der Waals surface area contributed by atoms with E-state index >= 15 is 0 Å². The third-order valence-corrected chi connectivity index (χ3v) is 7.82. The van der Waals surface area contributed by atoms with Gasteiger partial charge in [0.2, 0.25) is 10.0 Å². The second kappa shape index (κ2) is 9.33. The number of sulfonamides is 1. The number of ether oxygens (including phenoxy) is 1. The molecule has 0 bridgehead atoms. The molecule has 0 radical (unpaired) electrons. The number of anilines is 1. The third-order valence-electron chi connectivity index (χ3n) is 5.92. The standard InChI is InChI=1S/C22H27N3O5S/c26-25(27)21-16-19(31(28,29)24-12-6-1-2-7-13-24)10-11-20(21)23-14-15-30-22(17-23)18-8-4-3-5-9-18/h3-5,8-11,16,22H,1-2,6-7,12-15,17H2. The van der Waals surface area contributed by atoms with Gasteiger partial charge in [0.15, 0.2) is 0 Å². The van der Waals surface area contributed by atoms with Crippen LogP contribution in [0.2, 0.25) is 0 Å². The van der Waals surface area contributed by atoms with E-state index in [0.717, 1.165) is 31.2 Å². The van der Waals surface area contributed by atoms with Crippen molar-refractivity contribution in [1.29, 1.82) is 0 Å². The summed E-state index contributed by atoms with van der Waals surface area (Å²) in [5.41, 5.74) is 1.24. The fraction of sp³-hybridized carbons (Fsp3) is 0.455. The van der Waals surface area contributed by atoms with Gasteiger partial charge in [-0.3, -0.25) is 10.1 Å². The normalized spacial score (nSPS) is 20.9. The van der Waals surface area contributed by atoms with E-state index in [-0.39, 0.29) is 16.7 Å². The molecule has 0 saturated carbocycles. The molecule has 166 valence electrons. The lowest BCUT2D eigenvalue weighted by Crippen LogP contribution is -2.38. The molecule has 2 heterocycles. The van der Waals surface area contributed by atoms with E-state index in [1.807, 2.05) is 35.2 Å². The van der Waals surface area contributed by atoms with Crippen molar-refractivity contribution in [2.45, 2.75) is 36.7 Å². The molecule has 0 N–H and O–H groups in total. The van der Waals surface area contributed by atoms with Gasteiger partial charge in [-0.1, -0.05) is 43.2 Å². The van der Waals surface area contributed by atoms with E-state index in [4.69, 9.17) is 4.74 Å². The first-order valence-corrected chi connectivity index (χ1v) is 12.1. The monoisotopic (exact) mass is 445 g/mol. The average molecular weight is 446 g/mol. The van der Waals surface area contributed by atoms with E-state index in [0.29, 0.717) is 38.5 Å². The summed E-state index contributed by atoms with van der Waals surface area (Å²) in [4.78, 5) is 13.3. The fourth-order valence-electron chi connectivity index (χ4n) is 4.25. The molecule has 2 saturated heterocycles. The molecule has 2 fully saturated rings. The first-order valence-electron chi connectivity index (χ1n) is 10.7. The first kappa shape index (κ1) is 21.7. The molecular weight excluding hydrogens is 418 g/mol. The molecule has 8 nitrogen and oxygen atoms in total. The van der Waals surface area contributed by atoms with Crippen LogP contribution in [0.3, 0.4) is 0 Å². The number of hydrogen-bond donors (Lipinski definition) is 0. The zero-order valence-electron chi connectivity index (χ0n) is 17.4. The number of rotatable bonds is 5. The summed E-state index contributed by atoms with van der Waals surface area (Å²) in [7, 11) is -3.76. The van der Waals surface area contributed by atoms with Crippen LogP contribution in [0.25, 0.3) is 0 Å². The smallest absolute Gasteiger partial charge is 0.293 e. The Labute approximate surface area is 182 Å². The van der Waals surface area contributed by atoms with Gasteiger partial charge in [0.1, 0.15) is 11.8 Å². The van der Waals surface area contributed by atoms with Crippen molar-refractivity contribution < 1.29 is 18.1 Å². The molecule has 4 rings (SSSR count). The number of hydrogen-bond acceptors (Lipinski definition) is 6. The predicted molar refractivity (Wildman–Crippen MR) is 118 cm³/mol. The van der Waals surface area contributed by atoms with Gasteiger partial charge in [-0.25, -0.2) is 8.42 Å². The molecule has 1 unspecified atom stereocenters. The zero-order chi connectivity index (χ0) is 21.8. The number of nitrogens with zero attached hydrogens (tertiary/aromatic N) is 3. The Balaban J connectivity index is 1.62. The molecule has 0 amide bonds. The second-order valence-corrected chi connectivity index (χ2v) is 9.88. The van der Waals surface area contributed by atoms with Gasteiger partial charge >= 0.3 is 0 Å². The Bertz CT molecular complexity index is 1020. The molecule has 2 aromatic carbocycles. The van der Waals surface area contributed by atoms with Gasteiger partial charge in [0.05, 0.1) is 16.4 Å². The minimum absolute atomic E-state index is 0.0160.